The minimum absolute atomic E-state index is 0.0406. The lowest BCUT2D eigenvalue weighted by atomic mass is 9.33. The van der Waals surface area contributed by atoms with Gasteiger partial charge in [-0.3, -0.25) is 0 Å². The van der Waals surface area contributed by atoms with E-state index in [9.17, 15) is 0 Å². The molecule has 0 fully saturated rings. The van der Waals surface area contributed by atoms with E-state index in [0.717, 1.165) is 151 Å². The average molecular weight is 1630 g/mol. The highest BCUT2D eigenvalue weighted by Gasteiger charge is 2.46. The van der Waals surface area contributed by atoms with Crippen molar-refractivity contribution in [1.82, 2.24) is 13.5 Å². The van der Waals surface area contributed by atoms with E-state index in [2.05, 4.69) is 490 Å². The molecule has 0 saturated heterocycles. The lowest BCUT2D eigenvalue weighted by molar-refractivity contribution is 0.590. The molecular formula is C122H88BN5. The number of fused-ring (bicyclic) bond motifs is 16. The fraction of sp³-hybridized carbons (Fsp3) is 0.0656. The summed E-state index contributed by atoms with van der Waals surface area (Å²) in [4.78, 5) is 5.49. The lowest BCUT2D eigenvalue weighted by Crippen LogP contribution is -2.61. The predicted molar refractivity (Wildman–Crippen MR) is 545 cm³/mol. The summed E-state index contributed by atoms with van der Waals surface area (Å²) in [7, 11) is 0. The summed E-state index contributed by atoms with van der Waals surface area (Å²) in [6.07, 6.45) is 0. The minimum Gasteiger partial charge on any atom is -0.310 e. The highest BCUT2D eigenvalue weighted by molar-refractivity contribution is 7.00. The molecule has 5 nitrogen and oxygen atoms in total. The van der Waals surface area contributed by atoms with E-state index >= 15 is 0 Å². The van der Waals surface area contributed by atoms with Crippen molar-refractivity contribution in [3.05, 3.63) is 436 Å². The number of benzene rings is 19. The average Bonchev–Trinajstić information content (AvgIpc) is 1.35. The van der Waals surface area contributed by atoms with E-state index in [0.29, 0.717) is 0 Å². The van der Waals surface area contributed by atoms with Crippen LogP contribution in [0.1, 0.15) is 52.7 Å². The number of aromatic nitrogens is 3. The Kier molecular flexibility index (Phi) is 16.9. The third-order valence-electron chi connectivity index (χ3n) is 27.6. The summed E-state index contributed by atoms with van der Waals surface area (Å²) in [5.74, 6) is 0. The number of anilines is 6. The first-order valence-electron chi connectivity index (χ1n) is 44.9. The Labute approximate surface area is 745 Å². The van der Waals surface area contributed by atoms with Gasteiger partial charge in [-0.15, -0.1) is 0 Å². The molecule has 604 valence electrons. The fourth-order valence-corrected chi connectivity index (χ4v) is 21.5. The van der Waals surface area contributed by atoms with Crippen molar-refractivity contribution >= 4 is 139 Å². The predicted octanol–water partition coefficient (Wildman–Crippen LogP) is 31.0. The van der Waals surface area contributed by atoms with E-state index in [4.69, 9.17) is 0 Å². The molecule has 0 N–H and O–H groups in total. The van der Waals surface area contributed by atoms with Gasteiger partial charge in [0.1, 0.15) is 0 Å². The summed E-state index contributed by atoms with van der Waals surface area (Å²) in [5.41, 5.74) is 41.0. The van der Waals surface area contributed by atoms with E-state index in [-0.39, 0.29) is 17.5 Å². The highest BCUT2D eigenvalue weighted by Crippen LogP contribution is 2.57. The zero-order valence-electron chi connectivity index (χ0n) is 72.2. The number of para-hydroxylation sites is 6. The number of hydrogen-bond acceptors (Lipinski definition) is 2. The first-order chi connectivity index (χ1) is 62.8. The van der Waals surface area contributed by atoms with Gasteiger partial charge in [-0.2, -0.15) is 0 Å². The van der Waals surface area contributed by atoms with Crippen LogP contribution in [0, 0.1) is 0 Å². The van der Waals surface area contributed by atoms with Crippen LogP contribution in [0.3, 0.4) is 0 Å². The minimum atomic E-state index is -0.335. The molecule has 2 aliphatic heterocycles. The van der Waals surface area contributed by atoms with Gasteiger partial charge in [-0.05, 0) is 220 Å². The molecule has 0 aliphatic carbocycles. The van der Waals surface area contributed by atoms with Crippen molar-refractivity contribution in [1.29, 1.82) is 0 Å². The Morgan fingerprint density at radius 1 is 0.203 bits per heavy atom. The molecule has 19 aromatic carbocycles. The summed E-state index contributed by atoms with van der Waals surface area (Å²) < 4.78 is 7.46. The number of rotatable bonds is 12. The van der Waals surface area contributed by atoms with Gasteiger partial charge in [0.2, 0.25) is 0 Å². The van der Waals surface area contributed by atoms with Gasteiger partial charge in [-0.1, -0.05) is 351 Å². The third kappa shape index (κ3) is 11.8. The van der Waals surface area contributed by atoms with Crippen molar-refractivity contribution in [2.75, 3.05) is 9.80 Å². The van der Waals surface area contributed by atoms with E-state index in [1.807, 2.05) is 0 Å². The lowest BCUT2D eigenvalue weighted by Gasteiger charge is -2.46. The molecule has 25 rings (SSSR count). The molecule has 0 radical (unpaired) electrons. The molecule has 0 bridgehead atoms. The number of hydrogen-bond donors (Lipinski definition) is 0. The molecule has 2 aliphatic rings. The van der Waals surface area contributed by atoms with Crippen molar-refractivity contribution in [2.24, 2.45) is 0 Å². The molecular weight excluding hydrogens is 1550 g/mol. The second-order valence-electron chi connectivity index (χ2n) is 37.1. The first-order valence-corrected chi connectivity index (χ1v) is 44.9. The van der Waals surface area contributed by atoms with Crippen LogP contribution >= 0.6 is 0 Å². The van der Waals surface area contributed by atoms with Crippen LogP contribution in [0.2, 0.25) is 0 Å². The molecule has 4 aromatic heterocycles. The van der Waals surface area contributed by atoms with E-state index < -0.39 is 0 Å². The Morgan fingerprint density at radius 2 is 0.516 bits per heavy atom. The van der Waals surface area contributed by atoms with Gasteiger partial charge in [0.25, 0.3) is 6.71 Å². The maximum atomic E-state index is 2.75. The van der Waals surface area contributed by atoms with Crippen LogP contribution in [-0.2, 0) is 10.8 Å². The van der Waals surface area contributed by atoms with Crippen molar-refractivity contribution < 1.29 is 0 Å². The molecule has 0 atom stereocenters. The second kappa shape index (κ2) is 28.9. The SMILES string of the molecule is CC(C)(C)c1ccc(-c2cc(-c3ccccc3)c(N3c4cc(-c5ccc6c(c5)c5ccccc5n6-c5ccccc5)ccc4B4c5ccc(-n6c7ccccc7c7ccccc76)cc5N(c5c(-c6ccccc6)cc(-c6ccc(C(C)(C)C)cc6)cc5-c5ccccc5)c5cc(-c6ccc7c(c6)c6cccc8c9ccccc9n7c86)cc3c54)c(-c3ccccc3)c2)cc1. The maximum Gasteiger partial charge on any atom is 0.252 e. The van der Waals surface area contributed by atoms with Gasteiger partial charge >= 0.3 is 0 Å². The molecule has 23 aromatic rings. The van der Waals surface area contributed by atoms with Crippen LogP contribution in [-0.4, -0.2) is 20.2 Å². The normalized spacial score (nSPS) is 12.7. The summed E-state index contributed by atoms with van der Waals surface area (Å²) in [5, 5.41) is 9.78. The van der Waals surface area contributed by atoms with Crippen molar-refractivity contribution in [3.8, 4) is 100 Å². The van der Waals surface area contributed by atoms with E-state index in [1.165, 1.54) is 92.7 Å². The third-order valence-corrected chi connectivity index (χ3v) is 27.6. The zero-order chi connectivity index (χ0) is 85.4. The maximum absolute atomic E-state index is 2.75. The van der Waals surface area contributed by atoms with Gasteiger partial charge in [-0.25, -0.2) is 0 Å². The molecule has 128 heavy (non-hydrogen) atoms. The summed E-state index contributed by atoms with van der Waals surface area (Å²) in [6.45, 7) is 13.5. The number of nitrogens with zero attached hydrogens (tertiary/aromatic N) is 5. The Morgan fingerprint density at radius 3 is 0.984 bits per heavy atom. The molecule has 0 saturated carbocycles. The van der Waals surface area contributed by atoms with Crippen molar-refractivity contribution in [2.45, 2.75) is 52.4 Å². The smallest absolute Gasteiger partial charge is 0.252 e. The molecule has 0 amide bonds. The van der Waals surface area contributed by atoms with E-state index in [1.54, 1.807) is 0 Å². The van der Waals surface area contributed by atoms with Crippen LogP contribution in [0.5, 0.6) is 0 Å². The highest BCUT2D eigenvalue weighted by atomic mass is 15.2. The van der Waals surface area contributed by atoms with Gasteiger partial charge in [0.05, 0.1) is 50.0 Å². The fourth-order valence-electron chi connectivity index (χ4n) is 21.5. The van der Waals surface area contributed by atoms with Crippen LogP contribution in [0.15, 0.2) is 425 Å². The van der Waals surface area contributed by atoms with Gasteiger partial charge in [0, 0.05) is 99.5 Å². The molecule has 0 spiro atoms. The monoisotopic (exact) mass is 1630 g/mol. The van der Waals surface area contributed by atoms with Crippen LogP contribution in [0.4, 0.5) is 34.1 Å². The topological polar surface area (TPSA) is 20.8 Å². The van der Waals surface area contributed by atoms with Crippen LogP contribution in [0.25, 0.3) is 182 Å². The van der Waals surface area contributed by atoms with Gasteiger partial charge in [0.15, 0.2) is 0 Å². The summed E-state index contributed by atoms with van der Waals surface area (Å²) in [6, 6.07) is 162. The quantitative estimate of drug-likeness (QED) is 0.114. The standard InChI is InChI=1S/C122H88BN5/c1-121(2,3)89-58-51-77(52-59-89)86-69-99(79-31-12-7-13-32-79)119(100(70-86)80-33-14-8-15-34-80)127-113-73-85(83-56-65-111-103(67-83)96-44-25-28-49-109(96)124(111)91-39-20-11-21-40-91)55-63-105(113)123-106-64-62-92(125-107-47-26-22-41-93(107)94-42-23-27-48-108(94)125)76-114(106)128(120-101(81-35-16-9-17-36-81)71-87(72-102(120)82-37-18-10-19-38-82)78-53-60-90(61-54-78)122(4,5)6)116-75-88(74-115(127)117(116)123)84-57-66-112-104(68-84)98-46-30-45-97-95-43-24-29-50-110(95)126(112)118(97)98/h7-76H,1-6H3. The molecule has 0 unspecified atom stereocenters. The molecule has 6 heterocycles. The first kappa shape index (κ1) is 74.8. The van der Waals surface area contributed by atoms with Crippen molar-refractivity contribution in [3.63, 3.8) is 0 Å². The Balaban J connectivity index is 0.851. The largest absolute Gasteiger partial charge is 0.310 e. The second-order valence-corrected chi connectivity index (χ2v) is 37.1. The Hall–Kier alpha value is -15.8. The summed E-state index contributed by atoms with van der Waals surface area (Å²) >= 11 is 0. The zero-order valence-corrected chi connectivity index (χ0v) is 72.2. The Bertz CT molecular complexity index is 8240. The van der Waals surface area contributed by atoms with Gasteiger partial charge < -0.3 is 23.3 Å². The molecule has 6 heteroatoms. The van der Waals surface area contributed by atoms with Crippen LogP contribution < -0.4 is 26.2 Å².